The summed E-state index contributed by atoms with van der Waals surface area (Å²) in [6.07, 6.45) is 3.20. The van der Waals surface area contributed by atoms with Crippen molar-refractivity contribution in [3.63, 3.8) is 0 Å². The number of halogens is 1. The second-order valence-corrected chi connectivity index (χ2v) is 6.30. The van der Waals surface area contributed by atoms with Crippen LogP contribution in [0.25, 0.3) is 10.9 Å². The summed E-state index contributed by atoms with van der Waals surface area (Å²) in [7, 11) is 0. The van der Waals surface area contributed by atoms with Crippen LogP contribution in [0.4, 0.5) is 5.82 Å². The summed E-state index contributed by atoms with van der Waals surface area (Å²) in [5, 5.41) is 15.1. The van der Waals surface area contributed by atoms with Gasteiger partial charge in [0.15, 0.2) is 5.82 Å². The number of piperidine rings is 1. The van der Waals surface area contributed by atoms with Crippen molar-refractivity contribution in [2.45, 2.75) is 31.2 Å². The molecule has 0 spiro atoms. The van der Waals surface area contributed by atoms with E-state index in [4.69, 9.17) is 17.3 Å². The molecule has 1 aliphatic rings. The number of fused-ring (bicyclic) bond motifs is 1. The fourth-order valence-corrected chi connectivity index (χ4v) is 3.13. The number of phenols is 1. The molecule has 1 aromatic carbocycles. The number of hydrogen-bond donors (Lipinski definition) is 2. The first-order chi connectivity index (χ1) is 10.1. The molecule has 21 heavy (non-hydrogen) atoms. The van der Waals surface area contributed by atoms with Crippen LogP contribution in [0.1, 0.15) is 19.3 Å². The molecule has 5 nitrogen and oxygen atoms in total. The van der Waals surface area contributed by atoms with Crippen LogP contribution in [0.5, 0.6) is 5.75 Å². The third-order valence-electron chi connectivity index (χ3n) is 4.12. The molecule has 3 N–H and O–H groups in total. The molecule has 0 bridgehead atoms. The van der Waals surface area contributed by atoms with E-state index in [1.807, 2.05) is 10.7 Å². The van der Waals surface area contributed by atoms with Crippen molar-refractivity contribution >= 4 is 28.3 Å². The van der Waals surface area contributed by atoms with Gasteiger partial charge in [0.25, 0.3) is 0 Å². The van der Waals surface area contributed by atoms with Gasteiger partial charge in [-0.15, -0.1) is 11.6 Å². The topological polar surface area (TPSA) is 67.3 Å². The van der Waals surface area contributed by atoms with Crippen molar-refractivity contribution in [2.75, 3.05) is 25.4 Å². The summed E-state index contributed by atoms with van der Waals surface area (Å²) in [4.78, 5) is 2.46. The van der Waals surface area contributed by atoms with Crippen molar-refractivity contribution in [1.82, 2.24) is 14.7 Å². The highest BCUT2D eigenvalue weighted by Crippen LogP contribution is 2.25. The standard InChI is InChI=1S/C15H21ClN4O/c16-11-4-8-19(9-5-11)6-1-7-20-14-3-2-12(21)10-13(14)15(17)18-20/h2-3,10-11,21H,1,4-9H2,(H2,17,18). The third-order valence-corrected chi connectivity index (χ3v) is 4.56. The van der Waals surface area contributed by atoms with Crippen LogP contribution in [0, 0.1) is 0 Å². The predicted octanol–water partition coefficient (Wildman–Crippen LogP) is 2.42. The lowest BCUT2D eigenvalue weighted by atomic mass is 10.1. The van der Waals surface area contributed by atoms with E-state index < -0.39 is 0 Å². The number of nitrogen functional groups attached to an aromatic ring is 1. The maximum Gasteiger partial charge on any atom is 0.153 e. The number of rotatable bonds is 4. The largest absolute Gasteiger partial charge is 0.508 e. The summed E-state index contributed by atoms with van der Waals surface area (Å²) in [5.74, 6) is 0.696. The molecule has 0 saturated carbocycles. The van der Waals surface area contributed by atoms with E-state index in [9.17, 15) is 5.11 Å². The zero-order valence-electron chi connectivity index (χ0n) is 12.0. The van der Waals surface area contributed by atoms with Crippen LogP contribution < -0.4 is 5.73 Å². The minimum Gasteiger partial charge on any atom is -0.508 e. The van der Waals surface area contributed by atoms with Gasteiger partial charge in [-0.2, -0.15) is 5.10 Å². The third kappa shape index (κ3) is 3.24. The molecule has 0 radical (unpaired) electrons. The number of benzene rings is 1. The van der Waals surface area contributed by atoms with Gasteiger partial charge in [0, 0.05) is 17.3 Å². The SMILES string of the molecule is Nc1nn(CCCN2CCC(Cl)CC2)c2ccc(O)cc12. The molecular weight excluding hydrogens is 288 g/mol. The molecule has 1 saturated heterocycles. The highest BCUT2D eigenvalue weighted by molar-refractivity contribution is 6.20. The number of hydrogen-bond acceptors (Lipinski definition) is 4. The minimum atomic E-state index is 0.220. The molecule has 0 unspecified atom stereocenters. The summed E-state index contributed by atoms with van der Waals surface area (Å²) in [6.45, 7) is 4.07. The van der Waals surface area contributed by atoms with E-state index in [0.29, 0.717) is 11.2 Å². The summed E-state index contributed by atoms with van der Waals surface area (Å²) in [6, 6.07) is 5.21. The number of aromatic nitrogens is 2. The van der Waals surface area contributed by atoms with Gasteiger partial charge in [0.1, 0.15) is 5.75 Å². The highest BCUT2D eigenvalue weighted by Gasteiger charge is 2.16. The zero-order chi connectivity index (χ0) is 14.8. The van der Waals surface area contributed by atoms with Gasteiger partial charge in [0.05, 0.1) is 5.52 Å². The molecule has 0 aliphatic carbocycles. The van der Waals surface area contributed by atoms with Gasteiger partial charge in [-0.1, -0.05) is 0 Å². The maximum atomic E-state index is 9.52. The number of nitrogens with zero attached hydrogens (tertiary/aromatic N) is 3. The average Bonchev–Trinajstić information content (AvgIpc) is 2.77. The van der Waals surface area contributed by atoms with Gasteiger partial charge in [-0.25, -0.2) is 0 Å². The molecule has 2 heterocycles. The van der Waals surface area contributed by atoms with Gasteiger partial charge in [-0.05, 0) is 57.1 Å². The molecule has 3 rings (SSSR count). The van der Waals surface area contributed by atoms with Crippen LogP contribution in [-0.4, -0.2) is 44.8 Å². The Balaban J connectivity index is 1.61. The minimum absolute atomic E-state index is 0.220. The lowest BCUT2D eigenvalue weighted by Crippen LogP contribution is -2.35. The predicted molar refractivity (Wildman–Crippen MR) is 85.7 cm³/mol. The number of aromatic hydroxyl groups is 1. The van der Waals surface area contributed by atoms with Crippen LogP contribution in [0.15, 0.2) is 18.2 Å². The van der Waals surface area contributed by atoms with E-state index in [-0.39, 0.29) is 5.75 Å². The number of anilines is 1. The molecule has 1 aromatic heterocycles. The first-order valence-corrected chi connectivity index (χ1v) is 7.88. The van der Waals surface area contributed by atoms with E-state index in [2.05, 4.69) is 10.00 Å². The van der Waals surface area contributed by atoms with Crippen LogP contribution >= 0.6 is 11.6 Å². The van der Waals surface area contributed by atoms with Crippen molar-refractivity contribution in [1.29, 1.82) is 0 Å². The first kappa shape index (κ1) is 14.5. The van der Waals surface area contributed by atoms with Crippen molar-refractivity contribution in [2.24, 2.45) is 0 Å². The van der Waals surface area contributed by atoms with Crippen LogP contribution in [-0.2, 0) is 6.54 Å². The normalized spacial score (nSPS) is 17.6. The number of aryl methyl sites for hydroxylation is 1. The Morgan fingerprint density at radius 2 is 2.05 bits per heavy atom. The second-order valence-electron chi connectivity index (χ2n) is 5.68. The van der Waals surface area contributed by atoms with E-state index >= 15 is 0 Å². The van der Waals surface area contributed by atoms with Crippen LogP contribution in [0.3, 0.4) is 0 Å². The van der Waals surface area contributed by atoms with Crippen molar-refractivity contribution in [3.8, 4) is 5.75 Å². The summed E-state index contributed by atoms with van der Waals surface area (Å²) in [5.41, 5.74) is 6.88. The monoisotopic (exact) mass is 308 g/mol. The van der Waals surface area contributed by atoms with E-state index in [1.54, 1.807) is 12.1 Å². The molecule has 114 valence electrons. The van der Waals surface area contributed by atoms with Crippen molar-refractivity contribution in [3.05, 3.63) is 18.2 Å². The van der Waals surface area contributed by atoms with Crippen LogP contribution in [0.2, 0.25) is 0 Å². The van der Waals surface area contributed by atoms with E-state index in [1.165, 1.54) is 0 Å². The number of phenolic OH excluding ortho intramolecular Hbond substituents is 1. The number of likely N-dealkylation sites (tertiary alicyclic amines) is 1. The zero-order valence-corrected chi connectivity index (χ0v) is 12.8. The summed E-state index contributed by atoms with van der Waals surface area (Å²) < 4.78 is 1.93. The van der Waals surface area contributed by atoms with Gasteiger partial charge in [-0.3, -0.25) is 4.68 Å². The molecular formula is C15H21ClN4O. The van der Waals surface area contributed by atoms with E-state index in [0.717, 1.165) is 56.3 Å². The molecule has 0 amide bonds. The van der Waals surface area contributed by atoms with Crippen molar-refractivity contribution < 1.29 is 5.11 Å². The average molecular weight is 309 g/mol. The molecule has 6 heteroatoms. The smallest absolute Gasteiger partial charge is 0.153 e. The number of alkyl halides is 1. The lowest BCUT2D eigenvalue weighted by molar-refractivity contribution is 0.224. The molecule has 1 fully saturated rings. The molecule has 2 aromatic rings. The maximum absolute atomic E-state index is 9.52. The van der Waals surface area contributed by atoms with Gasteiger partial charge < -0.3 is 15.7 Å². The Hall–Kier alpha value is -1.46. The van der Waals surface area contributed by atoms with Gasteiger partial charge >= 0.3 is 0 Å². The Labute approximate surface area is 129 Å². The van der Waals surface area contributed by atoms with Gasteiger partial charge in [0.2, 0.25) is 0 Å². The Kier molecular flexibility index (Phi) is 4.22. The lowest BCUT2D eigenvalue weighted by Gasteiger charge is -2.29. The fourth-order valence-electron chi connectivity index (χ4n) is 2.93. The Morgan fingerprint density at radius 1 is 1.29 bits per heavy atom. The molecule has 1 aliphatic heterocycles. The Bertz CT molecular complexity index is 619. The second kappa shape index (κ2) is 6.12. The Morgan fingerprint density at radius 3 is 2.81 bits per heavy atom. The fraction of sp³-hybridized carbons (Fsp3) is 0.533. The summed E-state index contributed by atoms with van der Waals surface area (Å²) >= 11 is 6.12. The first-order valence-electron chi connectivity index (χ1n) is 7.45. The molecule has 0 atom stereocenters. The highest BCUT2D eigenvalue weighted by atomic mass is 35.5. The number of nitrogens with two attached hydrogens (primary N) is 1. The quantitative estimate of drug-likeness (QED) is 0.851.